The number of rotatable bonds is 7. The normalized spacial score (nSPS) is 41.9. The molecule has 1 aromatic carbocycles. The summed E-state index contributed by atoms with van der Waals surface area (Å²) in [6.07, 6.45) is 5.18. The minimum Gasteiger partial charge on any atom is -0.469 e. The van der Waals surface area contributed by atoms with Gasteiger partial charge >= 0.3 is 5.97 Å². The van der Waals surface area contributed by atoms with E-state index in [1.54, 1.807) is 24.3 Å². The fourth-order valence-electron chi connectivity index (χ4n) is 9.79. The lowest BCUT2D eigenvalue weighted by Crippen LogP contribution is -2.62. The molecule has 2 N–H and O–H groups in total. The molecule has 40 heavy (non-hydrogen) atoms. The predicted molar refractivity (Wildman–Crippen MR) is 152 cm³/mol. The minimum atomic E-state index is -3.86. The number of benzene rings is 1. The lowest BCUT2D eigenvalue weighted by molar-refractivity contribution is -0.206. The van der Waals surface area contributed by atoms with Crippen molar-refractivity contribution >= 4 is 16.1 Å². The molecule has 0 aromatic heterocycles. The molecular formula is C32H48O7S. The zero-order valence-corrected chi connectivity index (χ0v) is 25.5. The average molecular weight is 577 g/mol. The molecule has 0 heterocycles. The van der Waals surface area contributed by atoms with E-state index in [9.17, 15) is 23.4 Å². The van der Waals surface area contributed by atoms with Gasteiger partial charge in [-0.2, -0.15) is 8.42 Å². The summed E-state index contributed by atoms with van der Waals surface area (Å²) in [5, 5.41) is 23.4. The molecule has 0 aliphatic heterocycles. The van der Waals surface area contributed by atoms with E-state index in [0.717, 1.165) is 31.2 Å². The molecule has 8 heteroatoms. The smallest absolute Gasteiger partial charge is 0.305 e. The number of aryl methyl sites for hydroxylation is 1. The van der Waals surface area contributed by atoms with Crippen LogP contribution in [0.1, 0.15) is 84.1 Å². The molecule has 1 aromatic rings. The van der Waals surface area contributed by atoms with Gasteiger partial charge in [0.15, 0.2) is 0 Å². The second-order valence-corrected chi connectivity index (χ2v) is 15.5. The maximum absolute atomic E-state index is 13.0. The first-order valence-corrected chi connectivity index (χ1v) is 16.6. The highest BCUT2D eigenvalue weighted by Crippen LogP contribution is 2.68. The Morgan fingerprint density at radius 2 is 1.75 bits per heavy atom. The Kier molecular flexibility index (Phi) is 8.23. The quantitative estimate of drug-likeness (QED) is 0.337. The zero-order valence-electron chi connectivity index (χ0n) is 24.7. The van der Waals surface area contributed by atoms with Crippen LogP contribution in [0.15, 0.2) is 29.2 Å². The van der Waals surface area contributed by atoms with Crippen molar-refractivity contribution in [2.75, 3.05) is 7.11 Å². The first kappa shape index (κ1) is 30.0. The van der Waals surface area contributed by atoms with Crippen molar-refractivity contribution in [2.45, 2.75) is 109 Å². The third-order valence-electron chi connectivity index (χ3n) is 12.1. The van der Waals surface area contributed by atoms with E-state index >= 15 is 0 Å². The molecule has 0 radical (unpaired) electrons. The highest BCUT2D eigenvalue weighted by molar-refractivity contribution is 7.86. The zero-order chi connectivity index (χ0) is 29.0. The van der Waals surface area contributed by atoms with Gasteiger partial charge < -0.3 is 14.9 Å². The number of carbonyl (C=O) groups excluding carboxylic acids is 1. The molecule has 224 valence electrons. The average Bonchev–Trinajstić information content (AvgIpc) is 3.27. The van der Waals surface area contributed by atoms with E-state index in [1.807, 2.05) is 6.92 Å². The number of carbonyl (C=O) groups is 1. The van der Waals surface area contributed by atoms with Gasteiger partial charge in [0.1, 0.15) is 0 Å². The predicted octanol–water partition coefficient (Wildman–Crippen LogP) is 5.26. The van der Waals surface area contributed by atoms with Crippen LogP contribution in [0.25, 0.3) is 0 Å². The number of aliphatic hydroxyl groups is 2. The number of fused-ring (bicyclic) bond motifs is 5. The number of esters is 1. The Labute approximate surface area is 240 Å². The largest absolute Gasteiger partial charge is 0.469 e. The van der Waals surface area contributed by atoms with E-state index in [1.165, 1.54) is 7.11 Å². The summed E-state index contributed by atoms with van der Waals surface area (Å²) in [6, 6.07) is 6.75. The third-order valence-corrected chi connectivity index (χ3v) is 13.5. The first-order valence-electron chi connectivity index (χ1n) is 15.2. The monoisotopic (exact) mass is 576 g/mol. The van der Waals surface area contributed by atoms with Gasteiger partial charge in [0, 0.05) is 6.42 Å². The minimum absolute atomic E-state index is 0.0751. The highest BCUT2D eigenvalue weighted by Gasteiger charge is 2.65. The van der Waals surface area contributed by atoms with Crippen LogP contribution in [0.4, 0.5) is 0 Å². The maximum atomic E-state index is 13.0. The Hall–Kier alpha value is -1.48. The topological polar surface area (TPSA) is 110 Å². The van der Waals surface area contributed by atoms with Crippen molar-refractivity contribution in [2.24, 2.45) is 46.3 Å². The summed E-state index contributed by atoms with van der Waals surface area (Å²) in [6.45, 7) is 8.66. The molecule has 4 saturated carbocycles. The molecule has 4 unspecified atom stereocenters. The van der Waals surface area contributed by atoms with Gasteiger partial charge in [0.2, 0.25) is 0 Å². The Bertz CT molecular complexity index is 1180. The Morgan fingerprint density at radius 1 is 1.05 bits per heavy atom. The summed E-state index contributed by atoms with van der Waals surface area (Å²) < 4.78 is 36.6. The van der Waals surface area contributed by atoms with E-state index < -0.39 is 28.4 Å². The van der Waals surface area contributed by atoms with E-state index in [-0.39, 0.29) is 51.3 Å². The van der Waals surface area contributed by atoms with Crippen molar-refractivity contribution in [1.82, 2.24) is 0 Å². The summed E-state index contributed by atoms with van der Waals surface area (Å²) in [4.78, 5) is 12.0. The molecule has 0 bridgehead atoms. The standard InChI is InChI=1S/C32H48O7S/c1-19-6-9-23(10-7-19)40(36,37)39-22-14-15-31(3)21(16-22)17-27(33)30-25-12-11-24(20(2)8-13-29(35)38-5)32(25,4)28(34)18-26(30)31/h6-7,9-10,20-22,24-28,30,33-34H,8,11-18H2,1-5H3/t20-,21?,22-,24-,25?,26?,27-,28+,30?,31+,32-/m1/s1. The Morgan fingerprint density at radius 3 is 2.42 bits per heavy atom. The number of aliphatic hydroxyl groups excluding tert-OH is 2. The van der Waals surface area contributed by atoms with Crippen molar-refractivity contribution < 1.29 is 32.3 Å². The fourth-order valence-corrected chi connectivity index (χ4v) is 10.9. The van der Waals surface area contributed by atoms with Crippen LogP contribution in [0.2, 0.25) is 0 Å². The number of ether oxygens (including phenoxy) is 1. The second-order valence-electron chi connectivity index (χ2n) is 13.9. The van der Waals surface area contributed by atoms with Crippen LogP contribution in [0, 0.1) is 53.3 Å². The number of methoxy groups -OCH3 is 1. The van der Waals surface area contributed by atoms with Crippen LogP contribution in [-0.4, -0.2) is 50.0 Å². The molecule has 4 fully saturated rings. The maximum Gasteiger partial charge on any atom is 0.305 e. The fraction of sp³-hybridized carbons (Fsp3) is 0.781. The van der Waals surface area contributed by atoms with Crippen LogP contribution < -0.4 is 0 Å². The molecular weight excluding hydrogens is 528 g/mol. The van der Waals surface area contributed by atoms with Crippen molar-refractivity contribution in [3.8, 4) is 0 Å². The van der Waals surface area contributed by atoms with Crippen LogP contribution in [-0.2, 0) is 23.8 Å². The van der Waals surface area contributed by atoms with Gasteiger partial charge in [0.25, 0.3) is 10.1 Å². The second kappa shape index (κ2) is 11.0. The van der Waals surface area contributed by atoms with Gasteiger partial charge in [-0.05, 0) is 117 Å². The van der Waals surface area contributed by atoms with Gasteiger partial charge in [-0.25, -0.2) is 0 Å². The first-order chi connectivity index (χ1) is 18.8. The van der Waals surface area contributed by atoms with Gasteiger partial charge in [0.05, 0.1) is 30.3 Å². The van der Waals surface area contributed by atoms with Crippen molar-refractivity contribution in [1.29, 1.82) is 0 Å². The van der Waals surface area contributed by atoms with Crippen LogP contribution >= 0.6 is 0 Å². The summed E-state index contributed by atoms with van der Waals surface area (Å²) in [5.74, 6) is 1.08. The van der Waals surface area contributed by atoms with Crippen molar-refractivity contribution in [3.63, 3.8) is 0 Å². The summed E-state index contributed by atoms with van der Waals surface area (Å²) in [5.41, 5.74) is 0.630. The van der Waals surface area contributed by atoms with Gasteiger partial charge in [-0.3, -0.25) is 8.98 Å². The molecule has 4 aliphatic rings. The summed E-state index contributed by atoms with van der Waals surface area (Å²) in [7, 11) is -2.44. The lowest BCUT2D eigenvalue weighted by atomic mass is 9.43. The summed E-state index contributed by atoms with van der Waals surface area (Å²) >= 11 is 0. The number of hydrogen-bond acceptors (Lipinski definition) is 7. The third kappa shape index (κ3) is 5.05. The van der Waals surface area contributed by atoms with E-state index in [0.29, 0.717) is 38.0 Å². The van der Waals surface area contributed by atoms with E-state index in [4.69, 9.17) is 8.92 Å². The lowest BCUT2D eigenvalue weighted by Gasteiger charge is -2.63. The molecule has 7 nitrogen and oxygen atoms in total. The van der Waals surface area contributed by atoms with Crippen molar-refractivity contribution in [3.05, 3.63) is 29.8 Å². The van der Waals surface area contributed by atoms with Gasteiger partial charge in [-0.15, -0.1) is 0 Å². The number of hydrogen-bond donors (Lipinski definition) is 2. The van der Waals surface area contributed by atoms with Crippen LogP contribution in [0.5, 0.6) is 0 Å². The van der Waals surface area contributed by atoms with Gasteiger partial charge in [-0.1, -0.05) is 38.5 Å². The molecule has 0 spiro atoms. The molecule has 11 atom stereocenters. The Balaban J connectivity index is 1.31. The molecule has 0 saturated heterocycles. The highest BCUT2D eigenvalue weighted by atomic mass is 32.2. The molecule has 5 rings (SSSR count). The molecule has 0 amide bonds. The SMILES string of the molecule is COC(=O)CC[C@@H](C)[C@H]1CCC2C3C(C[C@H](O)[C@@]21C)[C@@]1(C)CC[C@@H](OS(=O)(=O)c2ccc(C)cc2)CC1C[C@H]3O. The van der Waals surface area contributed by atoms with Crippen LogP contribution in [0.3, 0.4) is 0 Å². The van der Waals surface area contributed by atoms with E-state index in [2.05, 4.69) is 20.8 Å². The molecule has 4 aliphatic carbocycles.